The zero-order valence-electron chi connectivity index (χ0n) is 11.5. The van der Waals surface area contributed by atoms with Crippen molar-refractivity contribution >= 4 is 5.91 Å². The monoisotopic (exact) mass is 277 g/mol. The van der Waals surface area contributed by atoms with Gasteiger partial charge < -0.3 is 9.47 Å². The van der Waals surface area contributed by atoms with E-state index in [1.807, 2.05) is 6.92 Å². The Balaban J connectivity index is 2.46. The Hall–Kier alpha value is -2.26. The average Bonchev–Trinajstić information content (AvgIpc) is 2.48. The van der Waals surface area contributed by atoms with Crippen LogP contribution in [-0.2, 0) is 4.79 Å². The van der Waals surface area contributed by atoms with Crippen molar-refractivity contribution < 1.29 is 14.3 Å². The van der Waals surface area contributed by atoms with E-state index in [1.165, 1.54) is 0 Å². The Kier molecular flexibility index (Phi) is 6.93. The molecule has 0 heterocycles. The van der Waals surface area contributed by atoms with Gasteiger partial charge in [0, 0.05) is 12.5 Å². The first-order valence-electron chi connectivity index (χ1n) is 6.50. The molecule has 0 unspecified atom stereocenters. The molecule has 1 aromatic carbocycles. The number of unbranched alkanes of at least 4 members (excludes halogenated alkanes) is 1. The van der Waals surface area contributed by atoms with Gasteiger partial charge in [-0.1, -0.05) is 0 Å². The minimum absolute atomic E-state index is 0.182. The molecule has 0 spiro atoms. The molecule has 0 saturated carbocycles. The number of nitriles is 1. The molecule has 1 rings (SSSR count). The first-order chi connectivity index (χ1) is 9.71. The number of hydrogen-bond donors (Lipinski definition) is 2. The second-order valence-corrected chi connectivity index (χ2v) is 4.08. The highest BCUT2D eigenvalue weighted by molar-refractivity contribution is 5.75. The summed E-state index contributed by atoms with van der Waals surface area (Å²) < 4.78 is 11.0. The Bertz CT molecular complexity index is 483. The maximum atomic E-state index is 10.9. The lowest BCUT2D eigenvalue weighted by Gasteiger charge is -2.11. The predicted octanol–water partition coefficient (Wildman–Crippen LogP) is 1.50. The van der Waals surface area contributed by atoms with Crippen LogP contribution in [0.3, 0.4) is 0 Å². The third-order valence-corrected chi connectivity index (χ3v) is 2.59. The van der Waals surface area contributed by atoms with Gasteiger partial charge in [0.05, 0.1) is 24.8 Å². The summed E-state index contributed by atoms with van der Waals surface area (Å²) >= 11 is 0. The Morgan fingerprint density at radius 3 is 2.80 bits per heavy atom. The number of carbonyl (C=O) groups excluding carboxylic acids is 1. The van der Waals surface area contributed by atoms with Gasteiger partial charge in [0.1, 0.15) is 0 Å². The van der Waals surface area contributed by atoms with Crippen molar-refractivity contribution in [2.45, 2.75) is 26.2 Å². The van der Waals surface area contributed by atoms with Crippen molar-refractivity contribution in [1.29, 1.82) is 5.26 Å². The Morgan fingerprint density at radius 2 is 2.15 bits per heavy atom. The van der Waals surface area contributed by atoms with E-state index in [0.717, 1.165) is 6.42 Å². The van der Waals surface area contributed by atoms with Crippen LogP contribution in [0.1, 0.15) is 31.7 Å². The number of nitrogens with two attached hydrogens (primary N) is 1. The highest BCUT2D eigenvalue weighted by Crippen LogP contribution is 2.28. The van der Waals surface area contributed by atoms with Crippen molar-refractivity contribution in [3.63, 3.8) is 0 Å². The number of rotatable bonds is 8. The van der Waals surface area contributed by atoms with Crippen LogP contribution >= 0.6 is 0 Å². The van der Waals surface area contributed by atoms with Gasteiger partial charge in [0.25, 0.3) is 0 Å². The largest absolute Gasteiger partial charge is 0.490 e. The Morgan fingerprint density at radius 1 is 1.35 bits per heavy atom. The number of hydrazine groups is 1. The number of nitrogens with one attached hydrogen (secondary N) is 1. The molecular formula is C14H19N3O3. The predicted molar refractivity (Wildman–Crippen MR) is 74.0 cm³/mol. The molecule has 0 aliphatic carbocycles. The highest BCUT2D eigenvalue weighted by atomic mass is 16.5. The molecular weight excluding hydrogens is 258 g/mol. The maximum absolute atomic E-state index is 10.9. The van der Waals surface area contributed by atoms with Gasteiger partial charge in [-0.25, -0.2) is 5.84 Å². The molecule has 0 saturated heterocycles. The second kappa shape index (κ2) is 8.77. The zero-order chi connectivity index (χ0) is 14.8. The molecule has 0 atom stereocenters. The molecule has 108 valence electrons. The maximum Gasteiger partial charge on any atom is 0.233 e. The molecule has 0 aromatic heterocycles. The van der Waals surface area contributed by atoms with Gasteiger partial charge in [0.15, 0.2) is 11.5 Å². The van der Waals surface area contributed by atoms with Crippen LogP contribution in [0.2, 0.25) is 0 Å². The van der Waals surface area contributed by atoms with Crippen LogP contribution in [0, 0.1) is 11.3 Å². The second-order valence-electron chi connectivity index (χ2n) is 4.08. The topological polar surface area (TPSA) is 97.4 Å². The quantitative estimate of drug-likeness (QED) is 0.325. The van der Waals surface area contributed by atoms with E-state index in [0.29, 0.717) is 43.1 Å². The summed E-state index contributed by atoms with van der Waals surface area (Å²) in [5.41, 5.74) is 2.61. The zero-order valence-corrected chi connectivity index (χ0v) is 11.5. The standard InChI is InChI=1S/C14H19N3O3/c1-2-19-13-9-11(10-15)6-7-12(13)20-8-4-3-5-14(18)17-16/h6-7,9H,2-5,8,16H2,1H3,(H,17,18). The third kappa shape index (κ3) is 5.16. The molecule has 0 fully saturated rings. The first-order valence-corrected chi connectivity index (χ1v) is 6.50. The van der Waals surface area contributed by atoms with Crippen molar-refractivity contribution in [3.8, 4) is 17.6 Å². The average molecular weight is 277 g/mol. The summed E-state index contributed by atoms with van der Waals surface area (Å²) in [7, 11) is 0. The Labute approximate surface area is 118 Å². The molecule has 0 aliphatic heterocycles. The number of benzene rings is 1. The van der Waals surface area contributed by atoms with Crippen molar-refractivity contribution in [3.05, 3.63) is 23.8 Å². The molecule has 6 heteroatoms. The lowest BCUT2D eigenvalue weighted by Crippen LogP contribution is -2.29. The first kappa shape index (κ1) is 15.8. The van der Waals surface area contributed by atoms with E-state index in [1.54, 1.807) is 18.2 Å². The van der Waals surface area contributed by atoms with Gasteiger partial charge in [-0.15, -0.1) is 0 Å². The fraction of sp³-hybridized carbons (Fsp3) is 0.429. The van der Waals surface area contributed by atoms with Crippen LogP contribution in [0.4, 0.5) is 0 Å². The molecule has 0 radical (unpaired) electrons. The lowest BCUT2D eigenvalue weighted by molar-refractivity contribution is -0.121. The van der Waals surface area contributed by atoms with E-state index >= 15 is 0 Å². The molecule has 0 bridgehead atoms. The minimum atomic E-state index is -0.182. The normalized spacial score (nSPS) is 9.65. The fourth-order valence-electron chi connectivity index (χ4n) is 1.61. The minimum Gasteiger partial charge on any atom is -0.490 e. The van der Waals surface area contributed by atoms with E-state index in [2.05, 4.69) is 11.5 Å². The van der Waals surface area contributed by atoms with Crippen LogP contribution in [0.25, 0.3) is 0 Å². The molecule has 6 nitrogen and oxygen atoms in total. The lowest BCUT2D eigenvalue weighted by atomic mass is 10.2. The van der Waals surface area contributed by atoms with Crippen molar-refractivity contribution in [2.75, 3.05) is 13.2 Å². The number of carbonyl (C=O) groups is 1. The van der Waals surface area contributed by atoms with Gasteiger partial charge in [-0.3, -0.25) is 10.2 Å². The van der Waals surface area contributed by atoms with E-state index in [4.69, 9.17) is 20.6 Å². The number of nitrogens with zero attached hydrogens (tertiary/aromatic N) is 1. The molecule has 0 aliphatic rings. The van der Waals surface area contributed by atoms with Gasteiger partial charge in [-0.05, 0) is 31.9 Å². The highest BCUT2D eigenvalue weighted by Gasteiger charge is 2.06. The summed E-state index contributed by atoms with van der Waals surface area (Å²) in [6.07, 6.45) is 1.81. The van der Waals surface area contributed by atoms with E-state index in [9.17, 15) is 4.79 Å². The van der Waals surface area contributed by atoms with Crippen molar-refractivity contribution in [2.24, 2.45) is 5.84 Å². The fourth-order valence-corrected chi connectivity index (χ4v) is 1.61. The SMILES string of the molecule is CCOc1cc(C#N)ccc1OCCCCC(=O)NN. The van der Waals surface area contributed by atoms with Gasteiger partial charge in [-0.2, -0.15) is 5.26 Å². The summed E-state index contributed by atoms with van der Waals surface area (Å²) in [5.74, 6) is 5.97. The summed E-state index contributed by atoms with van der Waals surface area (Å²) in [4.78, 5) is 10.9. The summed E-state index contributed by atoms with van der Waals surface area (Å²) in [6, 6.07) is 7.11. The van der Waals surface area contributed by atoms with Gasteiger partial charge >= 0.3 is 0 Å². The smallest absolute Gasteiger partial charge is 0.233 e. The summed E-state index contributed by atoms with van der Waals surface area (Å²) in [6.45, 7) is 2.85. The van der Waals surface area contributed by atoms with Gasteiger partial charge in [0.2, 0.25) is 5.91 Å². The molecule has 1 aromatic rings. The van der Waals surface area contributed by atoms with Crippen LogP contribution in [0.5, 0.6) is 11.5 Å². The third-order valence-electron chi connectivity index (χ3n) is 2.59. The van der Waals surface area contributed by atoms with Crippen LogP contribution < -0.4 is 20.7 Å². The molecule has 3 N–H and O–H groups in total. The van der Waals surface area contributed by atoms with Crippen molar-refractivity contribution in [1.82, 2.24) is 5.43 Å². The number of amides is 1. The van der Waals surface area contributed by atoms with E-state index in [-0.39, 0.29) is 5.91 Å². The van der Waals surface area contributed by atoms with E-state index < -0.39 is 0 Å². The molecule has 1 amide bonds. The van der Waals surface area contributed by atoms with Crippen LogP contribution in [0.15, 0.2) is 18.2 Å². The number of hydrogen-bond acceptors (Lipinski definition) is 5. The summed E-state index contributed by atoms with van der Waals surface area (Å²) in [5, 5.41) is 8.85. The number of ether oxygens (including phenoxy) is 2. The molecule has 20 heavy (non-hydrogen) atoms. The van der Waals surface area contributed by atoms with Crippen LogP contribution in [-0.4, -0.2) is 19.1 Å².